The van der Waals surface area contributed by atoms with Crippen LogP contribution in [0.3, 0.4) is 0 Å². The fourth-order valence-electron chi connectivity index (χ4n) is 2.21. The molecule has 19 heavy (non-hydrogen) atoms. The molecule has 2 heteroatoms. The highest BCUT2D eigenvalue weighted by Crippen LogP contribution is 2.05. The Kier molecular flexibility index (Phi) is 10.1. The second kappa shape index (κ2) is 10.8. The number of hydrogen-bond acceptors (Lipinski definition) is 1. The molecule has 0 saturated heterocycles. The van der Waals surface area contributed by atoms with E-state index in [9.17, 15) is 0 Å². The Morgan fingerprint density at radius 1 is 0.895 bits per heavy atom. The molecule has 0 aromatic heterocycles. The third-order valence-electron chi connectivity index (χ3n) is 3.28. The standard InChI is InChI=1S/C17H27N.H2O/c1-4-13-18(14-5-2)15-7-8-17-11-9-16(6-3)10-12-17;/h7,9-12,15H,4-6,8,13-14H2,1-3H3;1H2. The summed E-state index contributed by atoms with van der Waals surface area (Å²) in [7, 11) is 0. The Labute approximate surface area is 118 Å². The van der Waals surface area contributed by atoms with Crippen LogP contribution in [0.2, 0.25) is 0 Å². The first-order valence-electron chi connectivity index (χ1n) is 7.39. The number of benzene rings is 1. The minimum Gasteiger partial charge on any atom is -0.870 e. The van der Waals surface area contributed by atoms with E-state index in [2.05, 4.69) is 57.3 Å². The first kappa shape index (κ1) is 17.9. The van der Waals surface area contributed by atoms with Crippen molar-refractivity contribution in [2.75, 3.05) is 13.1 Å². The van der Waals surface area contributed by atoms with E-state index >= 15 is 0 Å². The van der Waals surface area contributed by atoms with Crippen LogP contribution < -0.4 is 4.90 Å². The Balaban J connectivity index is 0.00000324. The largest absolute Gasteiger partial charge is 0.870 e. The molecule has 0 fully saturated rings. The summed E-state index contributed by atoms with van der Waals surface area (Å²) in [5.41, 5.74) is 2.84. The first-order valence-corrected chi connectivity index (χ1v) is 7.39. The summed E-state index contributed by atoms with van der Waals surface area (Å²) in [6.45, 7) is 9.21. The predicted octanol–water partition coefficient (Wildman–Crippen LogP) is 2.83. The van der Waals surface area contributed by atoms with Crippen molar-refractivity contribution in [2.24, 2.45) is 0 Å². The molecule has 108 valence electrons. The van der Waals surface area contributed by atoms with E-state index in [1.807, 2.05) is 0 Å². The third-order valence-corrected chi connectivity index (χ3v) is 3.28. The topological polar surface area (TPSA) is 34.4 Å². The van der Waals surface area contributed by atoms with Gasteiger partial charge in [0.1, 0.15) is 0 Å². The monoisotopic (exact) mass is 263 g/mol. The highest BCUT2D eigenvalue weighted by Gasteiger charge is 2.00. The van der Waals surface area contributed by atoms with Gasteiger partial charge in [0, 0.05) is 0 Å². The maximum Gasteiger partial charge on any atom is 0.0905 e. The van der Waals surface area contributed by atoms with E-state index in [0.29, 0.717) is 0 Å². The fourth-order valence-corrected chi connectivity index (χ4v) is 2.21. The molecule has 0 aliphatic heterocycles. The molecule has 2 nitrogen and oxygen atoms in total. The van der Waals surface area contributed by atoms with Crippen LogP contribution >= 0.6 is 0 Å². The lowest BCUT2D eigenvalue weighted by molar-refractivity contribution is -0.847. The maximum atomic E-state index is 2.35. The molecule has 1 aromatic rings. The summed E-state index contributed by atoms with van der Waals surface area (Å²) >= 11 is 0. The number of hydrogen-bond donors (Lipinski definition) is 1. The maximum absolute atomic E-state index is 2.35. The lowest BCUT2D eigenvalue weighted by atomic mass is 10.1. The van der Waals surface area contributed by atoms with Gasteiger partial charge in [0.2, 0.25) is 0 Å². The molecular weight excluding hydrogens is 234 g/mol. The first-order chi connectivity index (χ1) is 8.80. The van der Waals surface area contributed by atoms with Crippen molar-refractivity contribution >= 4 is 0 Å². The number of aryl methyl sites for hydroxylation is 1. The number of allylic oxidation sites excluding steroid dienone is 1. The van der Waals surface area contributed by atoms with Gasteiger partial charge in [-0.15, -0.1) is 0 Å². The van der Waals surface area contributed by atoms with Crippen LogP contribution in [0.5, 0.6) is 0 Å². The molecule has 0 bridgehead atoms. The third kappa shape index (κ3) is 7.14. The van der Waals surface area contributed by atoms with Gasteiger partial charge in [0.25, 0.3) is 0 Å². The fraction of sp³-hybridized carbons (Fsp3) is 0.529. The zero-order valence-corrected chi connectivity index (χ0v) is 12.7. The molecule has 0 spiro atoms. The summed E-state index contributed by atoms with van der Waals surface area (Å²) in [6, 6.07) is 8.99. The van der Waals surface area contributed by atoms with Gasteiger partial charge in [-0.2, -0.15) is 0 Å². The minimum atomic E-state index is 0. The van der Waals surface area contributed by atoms with Crippen LogP contribution in [-0.4, -0.2) is 18.6 Å². The molecule has 0 heterocycles. The average molecular weight is 263 g/mol. The van der Waals surface area contributed by atoms with Gasteiger partial charge in [-0.1, -0.05) is 45.0 Å². The molecule has 0 aliphatic carbocycles. The summed E-state index contributed by atoms with van der Waals surface area (Å²) in [4.78, 5) is 1.60. The minimum absolute atomic E-state index is 0. The molecule has 2 N–H and O–H groups in total. The van der Waals surface area contributed by atoms with Gasteiger partial charge in [0.05, 0.1) is 19.3 Å². The van der Waals surface area contributed by atoms with E-state index in [4.69, 9.17) is 0 Å². The van der Waals surface area contributed by atoms with Crippen LogP contribution in [0.1, 0.15) is 44.7 Å². The predicted molar refractivity (Wildman–Crippen MR) is 81.9 cm³/mol. The van der Waals surface area contributed by atoms with Crippen molar-refractivity contribution < 1.29 is 10.4 Å². The van der Waals surface area contributed by atoms with Gasteiger partial charge in [-0.25, -0.2) is 0 Å². The van der Waals surface area contributed by atoms with E-state index in [0.717, 1.165) is 12.8 Å². The van der Waals surface area contributed by atoms with Gasteiger partial charge < -0.3 is 10.4 Å². The van der Waals surface area contributed by atoms with Crippen molar-refractivity contribution in [3.63, 3.8) is 0 Å². The smallest absolute Gasteiger partial charge is 0.0905 e. The summed E-state index contributed by atoms with van der Waals surface area (Å²) in [5.74, 6) is 0. The molecule has 0 saturated carbocycles. The van der Waals surface area contributed by atoms with Gasteiger partial charge in [-0.05, 0) is 42.9 Å². The summed E-state index contributed by atoms with van der Waals surface area (Å²) < 4.78 is 0. The molecule has 1 rings (SSSR count). The van der Waals surface area contributed by atoms with Crippen LogP contribution in [-0.2, 0) is 12.8 Å². The van der Waals surface area contributed by atoms with Crippen molar-refractivity contribution in [3.05, 3.63) is 47.7 Å². The molecule has 0 unspecified atom stereocenters. The van der Waals surface area contributed by atoms with Gasteiger partial charge >= 0.3 is 0 Å². The molecule has 0 atom stereocenters. The van der Waals surface area contributed by atoms with E-state index in [1.54, 1.807) is 4.90 Å². The summed E-state index contributed by atoms with van der Waals surface area (Å²) in [5, 5.41) is 0. The zero-order valence-electron chi connectivity index (χ0n) is 12.7. The Morgan fingerprint density at radius 3 is 1.89 bits per heavy atom. The van der Waals surface area contributed by atoms with Crippen molar-refractivity contribution in [1.82, 2.24) is 0 Å². The summed E-state index contributed by atoms with van der Waals surface area (Å²) in [6.07, 6.45) is 9.36. The second-order valence-corrected chi connectivity index (χ2v) is 4.93. The number of quaternary nitrogens is 1. The number of rotatable bonds is 8. The van der Waals surface area contributed by atoms with Crippen molar-refractivity contribution in [3.8, 4) is 0 Å². The second-order valence-electron chi connectivity index (χ2n) is 4.93. The highest BCUT2D eigenvalue weighted by molar-refractivity contribution is 5.23. The number of nitrogens with one attached hydrogen (secondary N) is 1. The van der Waals surface area contributed by atoms with Crippen LogP contribution in [0.4, 0.5) is 0 Å². The Hall–Kier alpha value is -1.12. The quantitative estimate of drug-likeness (QED) is 0.769. The normalized spacial score (nSPS) is 10.9. The Bertz CT molecular complexity index is 337. The lowest BCUT2D eigenvalue weighted by Crippen LogP contribution is -3.07. The van der Waals surface area contributed by atoms with Crippen LogP contribution in [0, 0.1) is 0 Å². The molecular formula is C17H29NO. The van der Waals surface area contributed by atoms with E-state index in [-0.39, 0.29) is 5.48 Å². The Morgan fingerprint density at radius 2 is 1.42 bits per heavy atom. The van der Waals surface area contributed by atoms with Gasteiger partial charge in [-0.3, -0.25) is 0 Å². The van der Waals surface area contributed by atoms with Gasteiger partial charge in [0.15, 0.2) is 0 Å². The molecule has 0 radical (unpaired) electrons. The van der Waals surface area contributed by atoms with Crippen molar-refractivity contribution in [2.45, 2.75) is 46.5 Å². The lowest BCUT2D eigenvalue weighted by Gasteiger charge is -2.12. The van der Waals surface area contributed by atoms with E-state index < -0.39 is 0 Å². The average Bonchev–Trinajstić information content (AvgIpc) is 2.40. The van der Waals surface area contributed by atoms with Crippen molar-refractivity contribution in [1.29, 1.82) is 0 Å². The van der Waals surface area contributed by atoms with E-state index in [1.165, 1.54) is 37.1 Å². The SMILES string of the molecule is CCC[NH+](C=CCc1ccc(CC)cc1)CCC.[OH-]. The van der Waals surface area contributed by atoms with Crippen LogP contribution in [0.15, 0.2) is 36.5 Å². The molecule has 1 aromatic carbocycles. The zero-order chi connectivity index (χ0) is 13.2. The highest BCUT2D eigenvalue weighted by atomic mass is 16.0. The molecule has 0 aliphatic rings. The molecule has 0 amide bonds. The van der Waals surface area contributed by atoms with Crippen LogP contribution in [0.25, 0.3) is 0 Å².